The normalized spacial score (nSPS) is 18.7. The number of thiazole rings is 1. The lowest BCUT2D eigenvalue weighted by Gasteiger charge is -2.39. The second kappa shape index (κ2) is 10.6. The fourth-order valence-corrected chi connectivity index (χ4v) is 6.38. The second-order valence-electron chi connectivity index (χ2n) is 8.98. The van der Waals surface area contributed by atoms with Crippen molar-refractivity contribution in [3.05, 3.63) is 40.9 Å². The second-order valence-corrected chi connectivity index (χ2v) is 10.8. The molecule has 3 heterocycles. The quantitative estimate of drug-likeness (QED) is 0.423. The minimum Gasteiger partial charge on any atom is -0.497 e. The maximum absolute atomic E-state index is 13.4. The summed E-state index contributed by atoms with van der Waals surface area (Å²) < 4.78 is 13.1. The molecule has 1 atom stereocenters. The van der Waals surface area contributed by atoms with Crippen LogP contribution in [0, 0.1) is 5.92 Å². The number of benzene rings is 2. The molecule has 2 aliphatic rings. The third kappa shape index (κ3) is 5.21. The number of halogens is 1. The molecule has 2 saturated heterocycles. The molecule has 1 amide bonds. The number of piperazine rings is 1. The zero-order chi connectivity index (χ0) is 24.4. The number of anilines is 2. The minimum absolute atomic E-state index is 0.0184. The lowest BCUT2D eigenvalue weighted by molar-refractivity contribution is -0.136. The van der Waals surface area contributed by atoms with Crippen molar-refractivity contribution in [1.82, 2.24) is 9.88 Å². The number of fused-ring (bicyclic) bond motifs is 1. The minimum atomic E-state index is 0.0184. The molecule has 0 N–H and O–H groups in total. The first-order chi connectivity index (χ1) is 17.1. The van der Waals surface area contributed by atoms with Crippen molar-refractivity contribution < 1.29 is 14.3 Å². The van der Waals surface area contributed by atoms with Crippen molar-refractivity contribution in [1.29, 1.82) is 0 Å². The van der Waals surface area contributed by atoms with Crippen molar-refractivity contribution >= 4 is 54.2 Å². The van der Waals surface area contributed by atoms with Crippen LogP contribution in [0.15, 0.2) is 40.9 Å². The molecule has 0 saturated carbocycles. The molecule has 3 aromatic rings. The van der Waals surface area contributed by atoms with Crippen LogP contribution in [-0.4, -0.2) is 68.8 Å². The molecular formula is C26H31BrN4O3S. The number of aromatic nitrogens is 1. The number of rotatable bonds is 6. The van der Waals surface area contributed by atoms with Crippen LogP contribution in [0.3, 0.4) is 0 Å². The molecule has 2 aromatic carbocycles. The number of carbonyl (C=O) groups is 1. The predicted octanol–water partition coefficient (Wildman–Crippen LogP) is 5.03. The van der Waals surface area contributed by atoms with E-state index in [0.717, 1.165) is 89.1 Å². The van der Waals surface area contributed by atoms with Gasteiger partial charge in [0, 0.05) is 57.1 Å². The summed E-state index contributed by atoms with van der Waals surface area (Å²) in [6.07, 6.45) is 1.94. The first-order valence-corrected chi connectivity index (χ1v) is 13.8. The molecular weight excluding hydrogens is 528 g/mol. The van der Waals surface area contributed by atoms with Crippen molar-refractivity contribution in [2.75, 3.05) is 62.8 Å². The first-order valence-electron chi connectivity index (χ1n) is 12.2. The van der Waals surface area contributed by atoms with Gasteiger partial charge in [-0.3, -0.25) is 4.79 Å². The number of methoxy groups -OCH3 is 1. The summed E-state index contributed by atoms with van der Waals surface area (Å²) in [5.41, 5.74) is 2.11. The van der Waals surface area contributed by atoms with Crippen LogP contribution in [0.25, 0.3) is 10.2 Å². The van der Waals surface area contributed by atoms with Gasteiger partial charge in [0.15, 0.2) is 5.13 Å². The Morgan fingerprint density at radius 3 is 2.74 bits per heavy atom. The highest BCUT2D eigenvalue weighted by Gasteiger charge is 2.32. The molecule has 35 heavy (non-hydrogen) atoms. The molecule has 5 rings (SSSR count). The van der Waals surface area contributed by atoms with E-state index in [1.165, 1.54) is 0 Å². The van der Waals surface area contributed by atoms with Gasteiger partial charge in [-0.2, -0.15) is 0 Å². The van der Waals surface area contributed by atoms with E-state index in [0.29, 0.717) is 6.61 Å². The topological polar surface area (TPSA) is 58.1 Å². The number of hydrogen-bond acceptors (Lipinski definition) is 7. The monoisotopic (exact) mass is 558 g/mol. The molecule has 7 nitrogen and oxygen atoms in total. The number of ether oxygens (including phenoxy) is 2. The average molecular weight is 560 g/mol. The molecule has 2 aliphatic heterocycles. The fraction of sp³-hybridized carbons (Fsp3) is 0.462. The van der Waals surface area contributed by atoms with Crippen LogP contribution in [0.5, 0.6) is 11.5 Å². The van der Waals surface area contributed by atoms with E-state index in [-0.39, 0.29) is 11.8 Å². The number of hydrogen-bond donors (Lipinski definition) is 0. The third-order valence-electron chi connectivity index (χ3n) is 6.78. The molecule has 9 heteroatoms. The summed E-state index contributed by atoms with van der Waals surface area (Å²) in [5.74, 6) is 2.00. The summed E-state index contributed by atoms with van der Waals surface area (Å²) in [6, 6.07) is 12.2. The van der Waals surface area contributed by atoms with E-state index < -0.39 is 0 Å². The summed E-state index contributed by atoms with van der Waals surface area (Å²) in [5, 5.41) is 0.987. The Hall–Kier alpha value is -2.52. The molecule has 1 aromatic heterocycles. The van der Waals surface area contributed by atoms with E-state index in [2.05, 4.69) is 48.8 Å². The zero-order valence-corrected chi connectivity index (χ0v) is 22.6. The Labute approximate surface area is 218 Å². The van der Waals surface area contributed by atoms with Crippen molar-refractivity contribution in [2.45, 2.75) is 19.8 Å². The van der Waals surface area contributed by atoms with Crippen LogP contribution < -0.4 is 19.3 Å². The van der Waals surface area contributed by atoms with Gasteiger partial charge in [-0.05, 0) is 53.9 Å². The van der Waals surface area contributed by atoms with E-state index in [1.807, 2.05) is 25.1 Å². The average Bonchev–Trinajstić information content (AvgIpc) is 3.31. The standard InChI is InChI=1S/C26H31BrN4O3S/c1-3-34-23-16-24-22(15-21(23)27)28-26(35-24)31-9-5-6-18(17-31)25(32)30-12-10-29(11-13-30)19-7-4-8-20(14-19)33-2/h4,7-8,14-16,18H,3,5-6,9-13,17H2,1-2H3/t18-/m1/s1. The maximum Gasteiger partial charge on any atom is 0.227 e. The van der Waals surface area contributed by atoms with Gasteiger partial charge in [-0.15, -0.1) is 0 Å². The molecule has 0 spiro atoms. The van der Waals surface area contributed by atoms with Gasteiger partial charge in [0.1, 0.15) is 11.5 Å². The molecule has 186 valence electrons. The number of nitrogens with zero attached hydrogens (tertiary/aromatic N) is 4. The molecule has 0 bridgehead atoms. The third-order valence-corrected chi connectivity index (χ3v) is 8.48. The van der Waals surface area contributed by atoms with Crippen molar-refractivity contribution in [3.8, 4) is 11.5 Å². The van der Waals surface area contributed by atoms with Crippen LogP contribution in [-0.2, 0) is 4.79 Å². The molecule has 0 unspecified atom stereocenters. The predicted molar refractivity (Wildman–Crippen MR) is 145 cm³/mol. The largest absolute Gasteiger partial charge is 0.497 e. The molecule has 0 aliphatic carbocycles. The first kappa shape index (κ1) is 24.2. The molecule has 2 fully saturated rings. The van der Waals surface area contributed by atoms with Gasteiger partial charge < -0.3 is 24.2 Å². The van der Waals surface area contributed by atoms with Crippen molar-refractivity contribution in [2.24, 2.45) is 5.92 Å². The van der Waals surface area contributed by atoms with E-state index in [1.54, 1.807) is 18.4 Å². The lowest BCUT2D eigenvalue weighted by Crippen LogP contribution is -2.52. The Morgan fingerprint density at radius 1 is 1.14 bits per heavy atom. The van der Waals surface area contributed by atoms with Crippen LogP contribution in [0.1, 0.15) is 19.8 Å². The lowest BCUT2D eigenvalue weighted by atomic mass is 9.96. The van der Waals surface area contributed by atoms with Gasteiger partial charge in [0.25, 0.3) is 0 Å². The maximum atomic E-state index is 13.4. The van der Waals surface area contributed by atoms with E-state index >= 15 is 0 Å². The fourth-order valence-electron chi connectivity index (χ4n) is 4.92. The van der Waals surface area contributed by atoms with Crippen molar-refractivity contribution in [3.63, 3.8) is 0 Å². The van der Waals surface area contributed by atoms with E-state index in [9.17, 15) is 4.79 Å². The Balaban J connectivity index is 1.22. The summed E-state index contributed by atoms with van der Waals surface area (Å²) in [7, 11) is 1.69. The smallest absolute Gasteiger partial charge is 0.227 e. The SMILES string of the molecule is CCOc1cc2sc(N3CCC[C@@H](C(=O)N4CCN(c5cccc(OC)c5)CC4)C3)nc2cc1Br. The van der Waals surface area contributed by atoms with Crippen LogP contribution >= 0.6 is 27.3 Å². The highest BCUT2D eigenvalue weighted by molar-refractivity contribution is 9.10. The van der Waals surface area contributed by atoms with E-state index in [4.69, 9.17) is 14.5 Å². The number of carbonyl (C=O) groups excluding carboxylic acids is 1. The highest BCUT2D eigenvalue weighted by atomic mass is 79.9. The Morgan fingerprint density at radius 2 is 1.97 bits per heavy atom. The number of piperidine rings is 1. The van der Waals surface area contributed by atoms with Crippen LogP contribution in [0.4, 0.5) is 10.8 Å². The zero-order valence-electron chi connectivity index (χ0n) is 20.2. The molecule has 0 radical (unpaired) electrons. The number of amides is 1. The Bertz CT molecular complexity index is 1190. The summed E-state index contributed by atoms with van der Waals surface area (Å²) in [4.78, 5) is 25.0. The highest BCUT2D eigenvalue weighted by Crippen LogP contribution is 2.37. The van der Waals surface area contributed by atoms with Gasteiger partial charge in [0.2, 0.25) is 5.91 Å². The van der Waals surface area contributed by atoms with Gasteiger partial charge >= 0.3 is 0 Å². The Kier molecular flexibility index (Phi) is 7.34. The summed E-state index contributed by atoms with van der Waals surface area (Å²) in [6.45, 7) is 7.46. The summed E-state index contributed by atoms with van der Waals surface area (Å²) >= 11 is 5.26. The van der Waals surface area contributed by atoms with Gasteiger partial charge in [0.05, 0.1) is 34.3 Å². The van der Waals surface area contributed by atoms with Crippen LogP contribution in [0.2, 0.25) is 0 Å². The van der Waals surface area contributed by atoms with Gasteiger partial charge in [-0.25, -0.2) is 4.98 Å². The van der Waals surface area contributed by atoms with Gasteiger partial charge in [-0.1, -0.05) is 17.4 Å².